The van der Waals surface area contributed by atoms with Crippen LogP contribution in [0.1, 0.15) is 34.1 Å². The third-order valence-electron chi connectivity index (χ3n) is 3.98. The van der Waals surface area contributed by atoms with Crippen molar-refractivity contribution in [3.8, 4) is 0 Å². The van der Waals surface area contributed by atoms with Crippen molar-refractivity contribution in [2.24, 2.45) is 0 Å². The summed E-state index contributed by atoms with van der Waals surface area (Å²) in [6.45, 7) is 5.04. The molecule has 0 unspecified atom stereocenters. The van der Waals surface area contributed by atoms with Gasteiger partial charge in [-0.25, -0.2) is 0 Å². The number of carbonyl (C=O) groups is 1. The van der Waals surface area contributed by atoms with Gasteiger partial charge in [-0.1, -0.05) is 37.3 Å². The molecule has 0 aliphatic carbocycles. The van der Waals surface area contributed by atoms with E-state index in [2.05, 4.69) is 5.32 Å². The van der Waals surface area contributed by atoms with Crippen LogP contribution >= 0.6 is 11.3 Å². The second kappa shape index (κ2) is 7.01. The van der Waals surface area contributed by atoms with E-state index >= 15 is 0 Å². The topological polar surface area (TPSA) is 51.1 Å². The molecule has 124 valence electrons. The van der Waals surface area contributed by atoms with Crippen LogP contribution in [-0.2, 0) is 13.1 Å². The number of thiophene rings is 1. The highest BCUT2D eigenvalue weighted by atomic mass is 32.1. The van der Waals surface area contributed by atoms with Gasteiger partial charge in [0.15, 0.2) is 0 Å². The van der Waals surface area contributed by atoms with E-state index in [4.69, 9.17) is 0 Å². The number of aromatic nitrogens is 1. The second-order valence-electron chi connectivity index (χ2n) is 5.76. The van der Waals surface area contributed by atoms with Crippen LogP contribution < -0.4 is 10.9 Å². The van der Waals surface area contributed by atoms with Gasteiger partial charge < -0.3 is 9.88 Å². The Morgan fingerprint density at radius 2 is 1.96 bits per heavy atom. The smallest absolute Gasteiger partial charge is 0.260 e. The largest absolute Gasteiger partial charge is 0.348 e. The molecule has 1 N–H and O–H groups in total. The summed E-state index contributed by atoms with van der Waals surface area (Å²) in [7, 11) is 0. The molecule has 0 spiro atoms. The molecule has 0 radical (unpaired) electrons. The number of aryl methyl sites for hydroxylation is 2. The quantitative estimate of drug-likeness (QED) is 0.770. The predicted octanol–water partition coefficient (Wildman–Crippen LogP) is 3.71. The Labute approximate surface area is 144 Å². The number of hydrogen-bond donors (Lipinski definition) is 1. The number of fused-ring (bicyclic) bond motifs is 1. The molecule has 3 aromatic rings. The Balaban J connectivity index is 1.95. The van der Waals surface area contributed by atoms with Crippen LogP contribution in [0.25, 0.3) is 10.1 Å². The number of pyridine rings is 1. The maximum Gasteiger partial charge on any atom is 0.260 e. The van der Waals surface area contributed by atoms with Gasteiger partial charge in [0.25, 0.3) is 11.5 Å². The Kier molecular flexibility index (Phi) is 4.81. The molecular formula is C19H20N2O2S. The molecule has 5 heteroatoms. The number of nitrogens with one attached hydrogen (secondary N) is 1. The zero-order valence-electron chi connectivity index (χ0n) is 13.8. The van der Waals surface area contributed by atoms with E-state index < -0.39 is 0 Å². The average molecular weight is 340 g/mol. The lowest BCUT2D eigenvalue weighted by atomic mass is 10.1. The molecule has 0 saturated carbocycles. The highest BCUT2D eigenvalue weighted by molar-refractivity contribution is 7.19. The molecular weight excluding hydrogens is 320 g/mol. The van der Waals surface area contributed by atoms with Gasteiger partial charge in [-0.3, -0.25) is 9.59 Å². The summed E-state index contributed by atoms with van der Waals surface area (Å²) >= 11 is 1.50. The lowest BCUT2D eigenvalue weighted by Gasteiger charge is -2.07. The number of hydrogen-bond acceptors (Lipinski definition) is 3. The van der Waals surface area contributed by atoms with Crippen LogP contribution in [0.5, 0.6) is 0 Å². The van der Waals surface area contributed by atoms with E-state index in [0.29, 0.717) is 24.0 Å². The molecule has 3 rings (SSSR count). The third kappa shape index (κ3) is 3.12. The van der Waals surface area contributed by atoms with Crippen molar-refractivity contribution >= 4 is 27.3 Å². The molecule has 24 heavy (non-hydrogen) atoms. The lowest BCUT2D eigenvalue weighted by Crippen LogP contribution is -2.26. The van der Waals surface area contributed by atoms with Gasteiger partial charge >= 0.3 is 0 Å². The molecule has 0 fully saturated rings. The fourth-order valence-corrected chi connectivity index (χ4v) is 3.87. The highest BCUT2D eigenvalue weighted by Crippen LogP contribution is 2.28. The first-order chi connectivity index (χ1) is 11.6. The lowest BCUT2D eigenvalue weighted by molar-refractivity contribution is 0.0952. The summed E-state index contributed by atoms with van der Waals surface area (Å²) in [5, 5.41) is 3.47. The molecule has 2 heterocycles. The van der Waals surface area contributed by atoms with E-state index in [-0.39, 0.29) is 11.5 Å². The van der Waals surface area contributed by atoms with Gasteiger partial charge in [0, 0.05) is 28.9 Å². The molecule has 0 aliphatic rings. The normalized spacial score (nSPS) is 10.9. The number of rotatable bonds is 5. The Morgan fingerprint density at radius 3 is 2.67 bits per heavy atom. The summed E-state index contributed by atoms with van der Waals surface area (Å²) in [4.78, 5) is 26.3. The minimum absolute atomic E-state index is 0.0800. The fourth-order valence-electron chi connectivity index (χ4n) is 2.82. The molecule has 0 aliphatic heterocycles. The number of amides is 1. The third-order valence-corrected chi connectivity index (χ3v) is 5.05. The van der Waals surface area contributed by atoms with Crippen LogP contribution in [0.4, 0.5) is 0 Å². The zero-order valence-corrected chi connectivity index (χ0v) is 14.7. The molecule has 4 nitrogen and oxygen atoms in total. The molecule has 0 saturated heterocycles. The van der Waals surface area contributed by atoms with Crippen molar-refractivity contribution in [3.63, 3.8) is 0 Å². The summed E-state index contributed by atoms with van der Waals surface area (Å²) in [5.41, 5.74) is 1.47. The molecule has 0 bridgehead atoms. The number of carbonyl (C=O) groups excluding carboxylic acids is 1. The van der Waals surface area contributed by atoms with Gasteiger partial charge in [0.2, 0.25) is 0 Å². The van der Waals surface area contributed by atoms with Gasteiger partial charge in [0.1, 0.15) is 0 Å². The van der Waals surface area contributed by atoms with Crippen molar-refractivity contribution < 1.29 is 4.79 Å². The Morgan fingerprint density at radius 1 is 1.21 bits per heavy atom. The maximum atomic E-state index is 12.7. The van der Waals surface area contributed by atoms with E-state index in [1.807, 2.05) is 56.4 Å². The van der Waals surface area contributed by atoms with Crippen LogP contribution in [0.2, 0.25) is 0 Å². The van der Waals surface area contributed by atoms with Crippen molar-refractivity contribution in [3.05, 3.63) is 69.0 Å². The van der Waals surface area contributed by atoms with Gasteiger partial charge in [-0.15, -0.1) is 11.3 Å². The molecule has 2 aromatic heterocycles. The number of benzene rings is 1. The fraction of sp³-hybridized carbons (Fsp3) is 0.263. The monoisotopic (exact) mass is 340 g/mol. The summed E-state index contributed by atoms with van der Waals surface area (Å²) in [6, 6.07) is 11.7. The Hall–Kier alpha value is -2.40. The first kappa shape index (κ1) is 16.5. The average Bonchev–Trinajstić information content (AvgIpc) is 2.93. The molecule has 1 amide bonds. The van der Waals surface area contributed by atoms with Crippen molar-refractivity contribution in [2.75, 3.05) is 0 Å². The van der Waals surface area contributed by atoms with E-state index in [0.717, 1.165) is 21.6 Å². The molecule has 0 atom stereocenters. The van der Waals surface area contributed by atoms with Crippen LogP contribution in [-0.4, -0.2) is 10.5 Å². The van der Waals surface area contributed by atoms with Crippen molar-refractivity contribution in [2.45, 2.75) is 33.4 Å². The van der Waals surface area contributed by atoms with Crippen LogP contribution in [0, 0.1) is 6.92 Å². The van der Waals surface area contributed by atoms with Gasteiger partial charge in [0.05, 0.1) is 10.9 Å². The van der Waals surface area contributed by atoms with Gasteiger partial charge in [-0.2, -0.15) is 0 Å². The minimum atomic E-state index is -0.186. The van der Waals surface area contributed by atoms with E-state index in [1.54, 1.807) is 4.57 Å². The van der Waals surface area contributed by atoms with Crippen molar-refractivity contribution in [1.29, 1.82) is 0 Å². The number of nitrogens with zero attached hydrogens (tertiary/aromatic N) is 1. The summed E-state index contributed by atoms with van der Waals surface area (Å²) < 4.78 is 2.55. The minimum Gasteiger partial charge on any atom is -0.348 e. The SMILES string of the molecule is CCCn1ccc2sc(C)c(C(=O)NCc3ccccc3)c2c1=O. The standard InChI is InChI=1S/C19H20N2O2S/c1-3-10-21-11-9-15-17(19(21)23)16(13(2)24-15)18(22)20-12-14-7-5-4-6-8-14/h4-9,11H,3,10,12H2,1-2H3,(H,20,22). The predicted molar refractivity (Wildman–Crippen MR) is 98.7 cm³/mol. The van der Waals surface area contributed by atoms with Gasteiger partial charge in [-0.05, 0) is 25.0 Å². The zero-order chi connectivity index (χ0) is 17.1. The molecule has 1 aromatic carbocycles. The maximum absolute atomic E-state index is 12.7. The highest BCUT2D eigenvalue weighted by Gasteiger charge is 2.19. The second-order valence-corrected chi connectivity index (χ2v) is 7.01. The van der Waals surface area contributed by atoms with Crippen LogP contribution in [0.15, 0.2) is 47.4 Å². The first-order valence-corrected chi connectivity index (χ1v) is 8.88. The van der Waals surface area contributed by atoms with E-state index in [1.165, 1.54) is 11.3 Å². The summed E-state index contributed by atoms with van der Waals surface area (Å²) in [6.07, 6.45) is 2.69. The summed E-state index contributed by atoms with van der Waals surface area (Å²) in [5.74, 6) is -0.186. The van der Waals surface area contributed by atoms with E-state index in [9.17, 15) is 9.59 Å². The van der Waals surface area contributed by atoms with Crippen molar-refractivity contribution in [1.82, 2.24) is 9.88 Å². The Bertz CT molecular complexity index is 926. The first-order valence-electron chi connectivity index (χ1n) is 8.06. The van der Waals surface area contributed by atoms with Crippen LogP contribution in [0.3, 0.4) is 0 Å².